The summed E-state index contributed by atoms with van der Waals surface area (Å²) in [6.07, 6.45) is 0. The molecule has 0 saturated heterocycles. The summed E-state index contributed by atoms with van der Waals surface area (Å²) >= 11 is 0. The minimum atomic E-state index is -0.112. The Morgan fingerprint density at radius 1 is 0.971 bits per heavy atom. The van der Waals surface area contributed by atoms with Gasteiger partial charge in [-0.2, -0.15) is 5.10 Å². The molecule has 6 rings (SSSR count). The van der Waals surface area contributed by atoms with Crippen molar-refractivity contribution in [3.63, 3.8) is 0 Å². The average Bonchev–Trinajstić information content (AvgIpc) is 3.58. The fourth-order valence-corrected chi connectivity index (χ4v) is 4.67. The van der Waals surface area contributed by atoms with Gasteiger partial charge in [0.25, 0.3) is 5.91 Å². The van der Waals surface area contributed by atoms with E-state index in [1.165, 1.54) is 11.1 Å². The van der Waals surface area contributed by atoms with Crippen LogP contribution in [0.5, 0.6) is 5.75 Å². The van der Waals surface area contributed by atoms with Crippen LogP contribution in [0.2, 0.25) is 0 Å². The zero-order chi connectivity index (χ0) is 24.1. The van der Waals surface area contributed by atoms with Crippen molar-refractivity contribution >= 4 is 16.9 Å². The largest absolute Gasteiger partial charge is 0.504 e. The highest BCUT2D eigenvalue weighted by Crippen LogP contribution is 2.38. The van der Waals surface area contributed by atoms with E-state index < -0.39 is 0 Å². The standard InChI is InChI=1S/C27H24N6O2/c1-28-27(35)18-9-5-16(6-10-18)15-3-7-17(8-4-15)23-25(34)24(33(2)32-23)26-30-21-11-19-13-29-14-20(19)12-22(21)31-26/h3-12,29,34H,13-14H2,1-2H3,(H,28,35)(H,30,31). The van der Waals surface area contributed by atoms with Crippen LogP contribution in [0, 0.1) is 0 Å². The maximum Gasteiger partial charge on any atom is 0.251 e. The zero-order valence-electron chi connectivity index (χ0n) is 19.4. The molecule has 0 aliphatic carbocycles. The summed E-state index contributed by atoms with van der Waals surface area (Å²) in [5, 5.41) is 21.7. The first-order chi connectivity index (χ1) is 17.0. The van der Waals surface area contributed by atoms with Crippen molar-refractivity contribution < 1.29 is 9.90 Å². The van der Waals surface area contributed by atoms with Gasteiger partial charge in [-0.3, -0.25) is 9.48 Å². The van der Waals surface area contributed by atoms with Crippen molar-refractivity contribution in [3.8, 4) is 39.7 Å². The summed E-state index contributed by atoms with van der Waals surface area (Å²) in [5.41, 5.74) is 8.81. The molecule has 0 saturated carbocycles. The minimum absolute atomic E-state index is 0.0865. The number of aromatic nitrogens is 4. The first-order valence-corrected chi connectivity index (χ1v) is 11.4. The Labute approximate surface area is 201 Å². The summed E-state index contributed by atoms with van der Waals surface area (Å²) in [4.78, 5) is 19.9. The number of hydrogen-bond donors (Lipinski definition) is 4. The molecule has 8 nitrogen and oxygen atoms in total. The van der Waals surface area contributed by atoms with E-state index in [0.717, 1.165) is 40.8 Å². The molecule has 8 heteroatoms. The van der Waals surface area contributed by atoms with Gasteiger partial charge < -0.3 is 20.7 Å². The van der Waals surface area contributed by atoms with E-state index in [1.807, 2.05) is 36.4 Å². The van der Waals surface area contributed by atoms with E-state index >= 15 is 0 Å². The Morgan fingerprint density at radius 3 is 2.29 bits per heavy atom. The monoisotopic (exact) mass is 464 g/mol. The Hall–Kier alpha value is -4.43. The van der Waals surface area contributed by atoms with Crippen LogP contribution in [0.1, 0.15) is 21.5 Å². The lowest BCUT2D eigenvalue weighted by atomic mass is 10.0. The van der Waals surface area contributed by atoms with Gasteiger partial charge in [0.2, 0.25) is 0 Å². The summed E-state index contributed by atoms with van der Waals surface area (Å²) in [6, 6.07) is 19.5. The van der Waals surface area contributed by atoms with Gasteiger partial charge in [-0.05, 0) is 46.5 Å². The van der Waals surface area contributed by atoms with Crippen molar-refractivity contribution in [2.45, 2.75) is 13.1 Å². The van der Waals surface area contributed by atoms with Crippen LogP contribution in [-0.2, 0) is 20.1 Å². The Balaban J connectivity index is 1.32. The Bertz CT molecular complexity index is 1540. The number of imidazole rings is 1. The van der Waals surface area contributed by atoms with Gasteiger partial charge in [-0.25, -0.2) is 4.98 Å². The number of hydrogen-bond acceptors (Lipinski definition) is 5. The first kappa shape index (κ1) is 21.1. The number of H-pyrrole nitrogens is 1. The normalized spacial score (nSPS) is 12.7. The smallest absolute Gasteiger partial charge is 0.251 e. The van der Waals surface area contributed by atoms with Gasteiger partial charge >= 0.3 is 0 Å². The molecule has 35 heavy (non-hydrogen) atoms. The van der Waals surface area contributed by atoms with Crippen molar-refractivity contribution in [2.75, 3.05) is 7.05 Å². The zero-order valence-corrected chi connectivity index (χ0v) is 19.4. The van der Waals surface area contributed by atoms with Gasteiger partial charge in [0, 0.05) is 38.3 Å². The van der Waals surface area contributed by atoms with Crippen LogP contribution in [0.3, 0.4) is 0 Å². The van der Waals surface area contributed by atoms with Crippen LogP contribution in [0.15, 0.2) is 60.7 Å². The third-order valence-electron chi connectivity index (χ3n) is 6.55. The van der Waals surface area contributed by atoms with E-state index in [4.69, 9.17) is 4.98 Å². The highest BCUT2D eigenvalue weighted by atomic mass is 16.3. The molecule has 1 aliphatic heterocycles. The molecule has 2 aromatic heterocycles. The van der Waals surface area contributed by atoms with Gasteiger partial charge in [0.15, 0.2) is 11.6 Å². The highest BCUT2D eigenvalue weighted by molar-refractivity contribution is 5.94. The number of rotatable bonds is 4. The molecule has 1 amide bonds. The quantitative estimate of drug-likeness (QED) is 0.322. The summed E-state index contributed by atoms with van der Waals surface area (Å²) in [5.74, 6) is 0.561. The Kier molecular flexibility index (Phi) is 4.89. The predicted molar refractivity (Wildman–Crippen MR) is 135 cm³/mol. The highest BCUT2D eigenvalue weighted by Gasteiger charge is 2.22. The average molecular weight is 465 g/mol. The first-order valence-electron chi connectivity index (χ1n) is 11.4. The van der Waals surface area contributed by atoms with E-state index in [2.05, 4.69) is 32.8 Å². The van der Waals surface area contributed by atoms with Crippen LogP contribution < -0.4 is 10.6 Å². The predicted octanol–water partition coefficient (Wildman–Crippen LogP) is 3.97. The third kappa shape index (κ3) is 3.55. The number of aromatic hydroxyl groups is 1. The number of fused-ring (bicyclic) bond motifs is 2. The number of amides is 1. The summed E-state index contributed by atoms with van der Waals surface area (Å²) < 4.78 is 1.66. The molecule has 0 fully saturated rings. The summed E-state index contributed by atoms with van der Waals surface area (Å²) in [6.45, 7) is 1.71. The van der Waals surface area contributed by atoms with Gasteiger partial charge in [-0.15, -0.1) is 0 Å². The fourth-order valence-electron chi connectivity index (χ4n) is 4.67. The molecule has 0 atom stereocenters. The van der Waals surface area contributed by atoms with Crippen LogP contribution in [0.4, 0.5) is 0 Å². The maximum atomic E-state index is 11.8. The van der Waals surface area contributed by atoms with Crippen molar-refractivity contribution in [1.82, 2.24) is 30.4 Å². The van der Waals surface area contributed by atoms with E-state index in [1.54, 1.807) is 30.9 Å². The molecule has 0 unspecified atom stereocenters. The van der Waals surface area contributed by atoms with Gasteiger partial charge in [0.1, 0.15) is 11.4 Å². The number of aryl methyl sites for hydroxylation is 1. The molecule has 0 radical (unpaired) electrons. The number of carbonyl (C=O) groups is 1. The molecule has 1 aliphatic rings. The molecule has 3 heterocycles. The van der Waals surface area contributed by atoms with Gasteiger partial charge in [-0.1, -0.05) is 36.4 Å². The van der Waals surface area contributed by atoms with Crippen molar-refractivity contribution in [1.29, 1.82) is 0 Å². The second-order valence-electron chi connectivity index (χ2n) is 8.73. The Morgan fingerprint density at radius 2 is 1.60 bits per heavy atom. The number of nitrogens with one attached hydrogen (secondary N) is 3. The lowest BCUT2D eigenvalue weighted by molar-refractivity contribution is 0.0963. The summed E-state index contributed by atoms with van der Waals surface area (Å²) in [7, 11) is 3.42. The fraction of sp³-hybridized carbons (Fsp3) is 0.148. The molecule has 4 N–H and O–H groups in total. The van der Waals surface area contributed by atoms with Gasteiger partial charge in [0.05, 0.1) is 11.0 Å². The van der Waals surface area contributed by atoms with Crippen LogP contribution >= 0.6 is 0 Å². The maximum absolute atomic E-state index is 11.8. The number of nitrogens with zero attached hydrogens (tertiary/aromatic N) is 3. The molecular weight excluding hydrogens is 440 g/mol. The number of benzene rings is 3. The van der Waals surface area contributed by atoms with Crippen LogP contribution in [0.25, 0.3) is 44.9 Å². The third-order valence-corrected chi connectivity index (χ3v) is 6.55. The molecule has 5 aromatic rings. The lowest BCUT2D eigenvalue weighted by Crippen LogP contribution is -2.17. The van der Waals surface area contributed by atoms with E-state index in [9.17, 15) is 9.90 Å². The lowest BCUT2D eigenvalue weighted by Gasteiger charge is -2.05. The molecule has 174 valence electrons. The molecular formula is C27H24N6O2. The second kappa shape index (κ2) is 8.11. The SMILES string of the molecule is CNC(=O)c1ccc(-c2ccc(-c3nn(C)c(-c4nc5cc6c(cc5[nH]4)CNC6)c3O)cc2)cc1. The molecule has 3 aromatic carbocycles. The van der Waals surface area contributed by atoms with Crippen LogP contribution in [-0.4, -0.2) is 37.8 Å². The van der Waals surface area contributed by atoms with E-state index in [0.29, 0.717) is 22.8 Å². The van der Waals surface area contributed by atoms with Crippen molar-refractivity contribution in [2.24, 2.45) is 7.05 Å². The molecule has 0 spiro atoms. The number of aromatic amines is 1. The minimum Gasteiger partial charge on any atom is -0.504 e. The molecule has 0 bridgehead atoms. The second-order valence-corrected chi connectivity index (χ2v) is 8.73. The topological polar surface area (TPSA) is 108 Å². The van der Waals surface area contributed by atoms with Crippen molar-refractivity contribution in [3.05, 3.63) is 77.4 Å². The number of carbonyl (C=O) groups excluding carboxylic acids is 1. The van der Waals surface area contributed by atoms with E-state index in [-0.39, 0.29) is 11.7 Å².